The highest BCUT2D eigenvalue weighted by Crippen LogP contribution is 2.28. The van der Waals surface area contributed by atoms with Gasteiger partial charge >= 0.3 is 0 Å². The number of rotatable bonds is 7. The summed E-state index contributed by atoms with van der Waals surface area (Å²) in [5.41, 5.74) is 9.34. The van der Waals surface area contributed by atoms with Crippen LogP contribution in [0.2, 0.25) is 0 Å². The van der Waals surface area contributed by atoms with Crippen LogP contribution in [0.1, 0.15) is 19.5 Å². The van der Waals surface area contributed by atoms with Crippen LogP contribution in [-0.4, -0.2) is 21.1 Å². The number of nitrogens with one attached hydrogen (secondary N) is 1. The fraction of sp³-hybridized carbons (Fsp3) is 0.160. The predicted molar refractivity (Wildman–Crippen MR) is 126 cm³/mol. The normalized spacial score (nSPS) is 10.8. The first-order valence-corrected chi connectivity index (χ1v) is 10.3. The molecule has 0 aliphatic carbocycles. The molecule has 0 saturated heterocycles. The van der Waals surface area contributed by atoms with Crippen molar-refractivity contribution in [1.29, 1.82) is 0 Å². The first-order chi connectivity index (χ1) is 15.4. The van der Waals surface area contributed by atoms with Crippen molar-refractivity contribution in [3.05, 3.63) is 78.6 Å². The standard InChI is InChI=1S/C25H25N5O2/c1-16(2)31-21-6-4-5-18(14-21)23-15-24(30-25(26)29-23)28-19-7-9-20(10-8-19)32-22-11-12-27-17(3)13-22/h4-16H,1-3H3,(H3,26,28,29,30). The molecule has 32 heavy (non-hydrogen) atoms. The van der Waals surface area contributed by atoms with E-state index >= 15 is 0 Å². The van der Waals surface area contributed by atoms with E-state index in [0.29, 0.717) is 11.5 Å². The maximum atomic E-state index is 5.97. The van der Waals surface area contributed by atoms with E-state index in [9.17, 15) is 0 Å². The summed E-state index contributed by atoms with van der Waals surface area (Å²) in [7, 11) is 0. The molecule has 0 radical (unpaired) electrons. The van der Waals surface area contributed by atoms with Gasteiger partial charge in [-0.3, -0.25) is 4.98 Å². The number of aryl methyl sites for hydroxylation is 1. The van der Waals surface area contributed by atoms with Crippen LogP contribution in [-0.2, 0) is 0 Å². The van der Waals surface area contributed by atoms with Crippen molar-refractivity contribution in [2.75, 3.05) is 11.1 Å². The maximum Gasteiger partial charge on any atom is 0.222 e. The van der Waals surface area contributed by atoms with Crippen molar-refractivity contribution in [3.8, 4) is 28.5 Å². The Morgan fingerprint density at radius 3 is 2.44 bits per heavy atom. The molecule has 0 spiro atoms. The second-order valence-electron chi connectivity index (χ2n) is 7.58. The summed E-state index contributed by atoms with van der Waals surface area (Å²) in [6.07, 6.45) is 1.81. The number of ether oxygens (including phenoxy) is 2. The zero-order chi connectivity index (χ0) is 22.5. The van der Waals surface area contributed by atoms with E-state index < -0.39 is 0 Å². The number of nitrogen functional groups attached to an aromatic ring is 1. The van der Waals surface area contributed by atoms with Crippen molar-refractivity contribution in [3.63, 3.8) is 0 Å². The van der Waals surface area contributed by atoms with E-state index in [2.05, 4.69) is 20.3 Å². The van der Waals surface area contributed by atoms with Gasteiger partial charge in [0.05, 0.1) is 11.8 Å². The Morgan fingerprint density at radius 1 is 0.875 bits per heavy atom. The van der Waals surface area contributed by atoms with Gasteiger partial charge in [0.25, 0.3) is 0 Å². The van der Waals surface area contributed by atoms with Gasteiger partial charge in [0.15, 0.2) is 0 Å². The van der Waals surface area contributed by atoms with E-state index in [4.69, 9.17) is 15.2 Å². The Morgan fingerprint density at radius 2 is 1.69 bits per heavy atom. The summed E-state index contributed by atoms with van der Waals surface area (Å²) in [5.74, 6) is 3.04. The minimum absolute atomic E-state index is 0.0903. The van der Waals surface area contributed by atoms with Gasteiger partial charge < -0.3 is 20.5 Å². The minimum Gasteiger partial charge on any atom is -0.491 e. The lowest BCUT2D eigenvalue weighted by Gasteiger charge is -2.12. The molecule has 2 aromatic heterocycles. The molecule has 0 unspecified atom stereocenters. The van der Waals surface area contributed by atoms with Crippen molar-refractivity contribution in [2.24, 2.45) is 0 Å². The van der Waals surface area contributed by atoms with E-state index in [1.165, 1.54) is 0 Å². The lowest BCUT2D eigenvalue weighted by Crippen LogP contribution is -2.05. The van der Waals surface area contributed by atoms with Crippen LogP contribution < -0.4 is 20.5 Å². The number of benzene rings is 2. The van der Waals surface area contributed by atoms with E-state index in [-0.39, 0.29) is 12.1 Å². The summed E-state index contributed by atoms with van der Waals surface area (Å²) in [4.78, 5) is 12.9. The molecular formula is C25H25N5O2. The SMILES string of the molecule is Cc1cc(Oc2ccc(Nc3cc(-c4cccc(OC(C)C)c4)nc(N)n3)cc2)ccn1. The molecule has 7 heteroatoms. The van der Waals surface area contributed by atoms with Gasteiger partial charge in [0.1, 0.15) is 23.1 Å². The highest BCUT2D eigenvalue weighted by Gasteiger charge is 2.08. The van der Waals surface area contributed by atoms with Crippen molar-refractivity contribution in [2.45, 2.75) is 26.9 Å². The Balaban J connectivity index is 1.51. The number of aromatic nitrogens is 3. The number of anilines is 3. The van der Waals surface area contributed by atoms with Gasteiger partial charge in [0.2, 0.25) is 5.95 Å². The fourth-order valence-electron chi connectivity index (χ4n) is 3.15. The summed E-state index contributed by atoms with van der Waals surface area (Å²) >= 11 is 0. The highest BCUT2D eigenvalue weighted by atomic mass is 16.5. The lowest BCUT2D eigenvalue weighted by molar-refractivity contribution is 0.242. The van der Waals surface area contributed by atoms with Gasteiger partial charge in [-0.1, -0.05) is 12.1 Å². The summed E-state index contributed by atoms with van der Waals surface area (Å²) < 4.78 is 11.7. The van der Waals surface area contributed by atoms with Crippen molar-refractivity contribution >= 4 is 17.5 Å². The molecule has 4 aromatic rings. The van der Waals surface area contributed by atoms with Crippen molar-refractivity contribution in [1.82, 2.24) is 15.0 Å². The molecule has 0 atom stereocenters. The second-order valence-corrected chi connectivity index (χ2v) is 7.58. The number of nitrogens with two attached hydrogens (primary N) is 1. The Hall–Kier alpha value is -4.13. The molecule has 3 N–H and O–H groups in total. The third kappa shape index (κ3) is 5.51. The summed E-state index contributed by atoms with van der Waals surface area (Å²) in [6.45, 7) is 5.91. The zero-order valence-corrected chi connectivity index (χ0v) is 18.2. The molecule has 0 aliphatic rings. The van der Waals surface area contributed by atoms with E-state index in [0.717, 1.165) is 34.2 Å². The van der Waals surface area contributed by atoms with E-state index in [1.807, 2.05) is 87.5 Å². The van der Waals surface area contributed by atoms with Crippen LogP contribution in [0.3, 0.4) is 0 Å². The van der Waals surface area contributed by atoms with Crippen LogP contribution in [0.15, 0.2) is 72.9 Å². The average molecular weight is 428 g/mol. The van der Waals surface area contributed by atoms with Crippen molar-refractivity contribution < 1.29 is 9.47 Å². The van der Waals surface area contributed by atoms with E-state index in [1.54, 1.807) is 6.20 Å². The largest absolute Gasteiger partial charge is 0.491 e. The Bertz CT molecular complexity index is 1210. The fourth-order valence-corrected chi connectivity index (χ4v) is 3.15. The number of hydrogen-bond acceptors (Lipinski definition) is 7. The van der Waals surface area contributed by atoms with Gasteiger partial charge in [0, 0.05) is 35.3 Å². The average Bonchev–Trinajstić information content (AvgIpc) is 2.74. The summed E-state index contributed by atoms with van der Waals surface area (Å²) in [6, 6.07) is 20.9. The molecule has 7 nitrogen and oxygen atoms in total. The monoisotopic (exact) mass is 427 g/mol. The minimum atomic E-state index is 0.0903. The molecule has 0 amide bonds. The lowest BCUT2D eigenvalue weighted by atomic mass is 10.1. The van der Waals surface area contributed by atoms with Crippen LogP contribution >= 0.6 is 0 Å². The molecule has 0 fully saturated rings. The molecule has 4 rings (SSSR count). The van der Waals surface area contributed by atoms with Gasteiger partial charge in [-0.25, -0.2) is 4.98 Å². The number of nitrogens with zero attached hydrogens (tertiary/aromatic N) is 3. The van der Waals surface area contributed by atoms with Crippen LogP contribution in [0.4, 0.5) is 17.5 Å². The zero-order valence-electron chi connectivity index (χ0n) is 18.2. The second kappa shape index (κ2) is 9.34. The van der Waals surface area contributed by atoms with Gasteiger partial charge in [-0.2, -0.15) is 4.98 Å². The van der Waals surface area contributed by atoms with Crippen LogP contribution in [0.25, 0.3) is 11.3 Å². The van der Waals surface area contributed by atoms with Crippen LogP contribution in [0.5, 0.6) is 17.2 Å². The summed E-state index contributed by atoms with van der Waals surface area (Å²) in [5, 5.41) is 3.27. The predicted octanol–water partition coefficient (Wildman–Crippen LogP) is 5.75. The van der Waals surface area contributed by atoms with Gasteiger partial charge in [-0.05, 0) is 63.2 Å². The maximum absolute atomic E-state index is 5.97. The molecular weight excluding hydrogens is 402 g/mol. The molecule has 2 aromatic carbocycles. The third-order valence-corrected chi connectivity index (χ3v) is 4.48. The highest BCUT2D eigenvalue weighted by molar-refractivity contribution is 5.68. The molecule has 0 saturated carbocycles. The Labute approximate surface area is 187 Å². The first kappa shape index (κ1) is 21.1. The Kier molecular flexibility index (Phi) is 6.17. The quantitative estimate of drug-likeness (QED) is 0.387. The van der Waals surface area contributed by atoms with Gasteiger partial charge in [-0.15, -0.1) is 0 Å². The number of hydrogen-bond donors (Lipinski definition) is 2. The topological polar surface area (TPSA) is 95.2 Å². The first-order valence-electron chi connectivity index (χ1n) is 10.3. The van der Waals surface area contributed by atoms with Crippen LogP contribution in [0, 0.1) is 6.92 Å². The molecule has 162 valence electrons. The number of pyridine rings is 1. The molecule has 0 bridgehead atoms. The third-order valence-electron chi connectivity index (χ3n) is 4.48. The molecule has 2 heterocycles. The molecule has 0 aliphatic heterocycles. The smallest absolute Gasteiger partial charge is 0.222 e.